The molecule has 2 aromatic carbocycles. The molecule has 0 saturated heterocycles. The Hall–Kier alpha value is -3.36. The van der Waals surface area contributed by atoms with E-state index in [0.717, 1.165) is 23.3 Å². The number of hydrogen-bond donors (Lipinski definition) is 2. The van der Waals surface area contributed by atoms with Crippen LogP contribution in [0.3, 0.4) is 0 Å². The number of aryl methyl sites for hydroxylation is 2. The number of benzene rings is 2. The molecule has 1 aliphatic rings. The van der Waals surface area contributed by atoms with Crippen molar-refractivity contribution < 1.29 is 22.8 Å². The maximum atomic E-state index is 13.3. The average Bonchev–Trinajstić information content (AvgIpc) is 2.89. The van der Waals surface area contributed by atoms with Crippen LogP contribution >= 0.6 is 0 Å². The lowest BCUT2D eigenvalue weighted by Crippen LogP contribution is -2.30. The number of halogens is 3. The fourth-order valence-electron chi connectivity index (χ4n) is 3.50. The highest BCUT2D eigenvalue weighted by molar-refractivity contribution is 6.21. The molecule has 3 amide bonds. The van der Waals surface area contributed by atoms with Gasteiger partial charge in [0.15, 0.2) is 0 Å². The maximum absolute atomic E-state index is 13.3. The van der Waals surface area contributed by atoms with Gasteiger partial charge in [-0.15, -0.1) is 0 Å². The third kappa shape index (κ3) is 3.94. The first-order valence-electron chi connectivity index (χ1n) is 8.72. The van der Waals surface area contributed by atoms with Crippen molar-refractivity contribution in [3.63, 3.8) is 0 Å². The van der Waals surface area contributed by atoms with Crippen LogP contribution in [0, 0.1) is 13.8 Å². The number of rotatable bonds is 3. The Kier molecular flexibility index (Phi) is 5.08. The van der Waals surface area contributed by atoms with E-state index in [2.05, 4.69) is 10.5 Å². The second-order valence-corrected chi connectivity index (χ2v) is 6.95. The number of anilines is 2. The van der Waals surface area contributed by atoms with Gasteiger partial charge in [0.1, 0.15) is 5.92 Å². The average molecular weight is 404 g/mol. The van der Waals surface area contributed by atoms with Crippen molar-refractivity contribution in [3.05, 3.63) is 58.7 Å². The number of nitrogens with one attached hydrogen (secondary N) is 1. The number of nitrogens with two attached hydrogens (primary N) is 1. The van der Waals surface area contributed by atoms with Gasteiger partial charge in [0, 0.05) is 5.69 Å². The van der Waals surface area contributed by atoms with Crippen LogP contribution in [0.4, 0.5) is 29.3 Å². The summed E-state index contributed by atoms with van der Waals surface area (Å²) in [5.41, 5.74) is 9.12. The van der Waals surface area contributed by atoms with Gasteiger partial charge >= 0.3 is 12.2 Å². The third-order valence-electron chi connectivity index (χ3n) is 4.60. The predicted molar refractivity (Wildman–Crippen MR) is 103 cm³/mol. The molecule has 152 valence electrons. The highest BCUT2D eigenvalue weighted by atomic mass is 19.4. The van der Waals surface area contributed by atoms with E-state index in [1.165, 1.54) is 17.9 Å². The molecule has 0 spiro atoms. The zero-order chi connectivity index (χ0) is 21.5. The van der Waals surface area contributed by atoms with Crippen LogP contribution in [0.5, 0.6) is 0 Å². The van der Waals surface area contributed by atoms with Crippen LogP contribution in [0.1, 0.15) is 35.1 Å². The monoisotopic (exact) mass is 404 g/mol. The molecule has 0 radical (unpaired) electrons. The van der Waals surface area contributed by atoms with E-state index < -0.39 is 29.6 Å². The zero-order valence-corrected chi connectivity index (χ0v) is 16.0. The summed E-state index contributed by atoms with van der Waals surface area (Å²) < 4.78 is 39.9. The van der Waals surface area contributed by atoms with Crippen molar-refractivity contribution in [2.24, 2.45) is 10.8 Å². The van der Waals surface area contributed by atoms with Gasteiger partial charge in [-0.25, -0.2) is 10.2 Å². The number of carbonyl (C=O) groups is 2. The second-order valence-electron chi connectivity index (χ2n) is 6.95. The van der Waals surface area contributed by atoms with Gasteiger partial charge in [0.05, 0.1) is 17.0 Å². The predicted octanol–water partition coefficient (Wildman–Crippen LogP) is 4.13. The first kappa shape index (κ1) is 20.4. The van der Waals surface area contributed by atoms with Gasteiger partial charge in [-0.2, -0.15) is 18.3 Å². The summed E-state index contributed by atoms with van der Waals surface area (Å²) in [5.74, 6) is -1.41. The van der Waals surface area contributed by atoms with Gasteiger partial charge in [0.2, 0.25) is 5.91 Å². The summed E-state index contributed by atoms with van der Waals surface area (Å²) in [7, 11) is 0. The van der Waals surface area contributed by atoms with Gasteiger partial charge in [-0.1, -0.05) is 12.1 Å². The van der Waals surface area contributed by atoms with Crippen molar-refractivity contribution >= 4 is 29.0 Å². The Morgan fingerprint density at radius 1 is 1.14 bits per heavy atom. The summed E-state index contributed by atoms with van der Waals surface area (Å²) >= 11 is 0. The number of nitrogens with zero attached hydrogens (tertiary/aromatic N) is 2. The highest BCUT2D eigenvalue weighted by Gasteiger charge is 2.42. The van der Waals surface area contributed by atoms with Crippen molar-refractivity contribution in [2.75, 3.05) is 4.90 Å². The highest BCUT2D eigenvalue weighted by Crippen LogP contribution is 2.45. The van der Waals surface area contributed by atoms with Crippen molar-refractivity contribution in [2.45, 2.75) is 32.9 Å². The Bertz CT molecular complexity index is 1010. The second kappa shape index (κ2) is 7.23. The van der Waals surface area contributed by atoms with E-state index >= 15 is 0 Å². The standard InChI is InChI=1S/C20H19F3N4O2/c1-10-6-11(2)8-14(7-10)27-16-9-13(20(21,22)23)4-5-15(16)17(18(27)28)12(3)25-26-19(24)29/h4-9,17H,1-3H3,(H3,24,26,29)/b25-12-. The van der Waals surface area contributed by atoms with E-state index in [1.54, 1.807) is 12.1 Å². The minimum atomic E-state index is -4.55. The molecule has 29 heavy (non-hydrogen) atoms. The lowest BCUT2D eigenvalue weighted by atomic mass is 9.95. The fourth-order valence-corrected chi connectivity index (χ4v) is 3.50. The van der Waals surface area contributed by atoms with Crippen molar-refractivity contribution in [1.29, 1.82) is 0 Å². The summed E-state index contributed by atoms with van der Waals surface area (Å²) in [5, 5.41) is 3.81. The molecule has 1 unspecified atom stereocenters. The van der Waals surface area contributed by atoms with Crippen LogP contribution in [-0.4, -0.2) is 17.6 Å². The Morgan fingerprint density at radius 3 is 2.31 bits per heavy atom. The fraction of sp³-hybridized carbons (Fsp3) is 0.250. The van der Waals surface area contributed by atoms with Gasteiger partial charge in [-0.05, 0) is 61.7 Å². The quantitative estimate of drug-likeness (QED) is 0.595. The van der Waals surface area contributed by atoms with E-state index in [4.69, 9.17) is 5.73 Å². The molecule has 3 rings (SSSR count). The molecule has 6 nitrogen and oxygen atoms in total. The summed E-state index contributed by atoms with van der Waals surface area (Å²) in [4.78, 5) is 25.5. The van der Waals surface area contributed by atoms with Crippen molar-refractivity contribution in [3.8, 4) is 0 Å². The first-order valence-corrected chi connectivity index (χ1v) is 8.72. The number of primary amides is 1. The molecule has 0 bridgehead atoms. The summed E-state index contributed by atoms with van der Waals surface area (Å²) in [6, 6.07) is 7.61. The minimum absolute atomic E-state index is 0.133. The number of carbonyl (C=O) groups excluding carboxylic acids is 2. The van der Waals surface area contributed by atoms with E-state index in [0.29, 0.717) is 11.3 Å². The first-order chi connectivity index (χ1) is 13.5. The Morgan fingerprint density at radius 2 is 1.76 bits per heavy atom. The lowest BCUT2D eigenvalue weighted by Gasteiger charge is -2.20. The Labute approximate surface area is 165 Å². The topological polar surface area (TPSA) is 87.8 Å². The molecule has 3 N–H and O–H groups in total. The lowest BCUT2D eigenvalue weighted by molar-refractivity contribution is -0.137. The van der Waals surface area contributed by atoms with E-state index in [9.17, 15) is 22.8 Å². The van der Waals surface area contributed by atoms with Crippen LogP contribution < -0.4 is 16.1 Å². The number of fused-ring (bicyclic) bond motifs is 1. The number of hydrazone groups is 1. The molecule has 2 aromatic rings. The number of amides is 3. The zero-order valence-electron chi connectivity index (χ0n) is 16.0. The molecule has 0 aromatic heterocycles. The third-order valence-corrected chi connectivity index (χ3v) is 4.60. The number of urea groups is 1. The van der Waals surface area contributed by atoms with Crippen LogP contribution in [0.25, 0.3) is 0 Å². The summed E-state index contributed by atoms with van der Waals surface area (Å²) in [6.45, 7) is 5.18. The molecule has 1 aliphatic heterocycles. The molecule has 0 saturated carbocycles. The van der Waals surface area contributed by atoms with Gasteiger partial charge < -0.3 is 5.73 Å². The van der Waals surface area contributed by atoms with E-state index in [-0.39, 0.29) is 11.4 Å². The van der Waals surface area contributed by atoms with Gasteiger partial charge in [0.25, 0.3) is 0 Å². The van der Waals surface area contributed by atoms with Crippen LogP contribution in [-0.2, 0) is 11.0 Å². The molecular weight excluding hydrogens is 385 g/mol. The SMILES string of the molecule is C/C(=N/NC(N)=O)C1C(=O)N(c2cc(C)cc(C)c2)c2cc(C(F)(F)F)ccc21. The van der Waals surface area contributed by atoms with Crippen LogP contribution in [0.15, 0.2) is 41.5 Å². The number of hydrogen-bond acceptors (Lipinski definition) is 3. The normalized spacial score (nSPS) is 16.8. The molecule has 1 heterocycles. The smallest absolute Gasteiger partial charge is 0.350 e. The van der Waals surface area contributed by atoms with E-state index in [1.807, 2.05) is 19.9 Å². The van der Waals surface area contributed by atoms with Crippen LogP contribution in [0.2, 0.25) is 0 Å². The molecule has 0 aliphatic carbocycles. The maximum Gasteiger partial charge on any atom is 0.416 e. The molecule has 9 heteroatoms. The Balaban J connectivity index is 2.19. The van der Waals surface area contributed by atoms with Crippen molar-refractivity contribution in [1.82, 2.24) is 5.43 Å². The van der Waals surface area contributed by atoms with Gasteiger partial charge in [-0.3, -0.25) is 9.69 Å². The largest absolute Gasteiger partial charge is 0.416 e. The molecular formula is C20H19F3N4O2. The minimum Gasteiger partial charge on any atom is -0.350 e. The summed E-state index contributed by atoms with van der Waals surface area (Å²) in [6.07, 6.45) is -4.55. The molecule has 0 fully saturated rings. The number of alkyl halides is 3. The molecule has 1 atom stereocenters.